The van der Waals surface area contributed by atoms with Gasteiger partial charge in [0.25, 0.3) is 0 Å². The van der Waals surface area contributed by atoms with E-state index in [0.29, 0.717) is 11.6 Å². The lowest BCUT2D eigenvalue weighted by atomic mass is 9.93. The van der Waals surface area contributed by atoms with Crippen molar-refractivity contribution in [2.45, 2.75) is 39.0 Å². The molecule has 0 atom stereocenters. The van der Waals surface area contributed by atoms with Gasteiger partial charge in [-0.3, -0.25) is 0 Å². The van der Waals surface area contributed by atoms with Crippen molar-refractivity contribution in [3.05, 3.63) is 46.7 Å². The van der Waals surface area contributed by atoms with E-state index < -0.39 is 0 Å². The van der Waals surface area contributed by atoms with Crippen LogP contribution >= 0.6 is 0 Å². The third-order valence-electron chi connectivity index (χ3n) is 3.65. The number of benzene rings is 1. The van der Waals surface area contributed by atoms with Gasteiger partial charge in [-0.25, -0.2) is 9.79 Å². The van der Waals surface area contributed by atoms with Crippen molar-refractivity contribution in [2.24, 2.45) is 4.99 Å². The van der Waals surface area contributed by atoms with Gasteiger partial charge >= 0.3 is 5.97 Å². The molecule has 98 valence electrons. The molecular weight excluding hydrogens is 238 g/mol. The second kappa shape index (κ2) is 5.00. The lowest BCUT2D eigenvalue weighted by Crippen LogP contribution is -2.07. The first kappa shape index (κ1) is 12.2. The van der Waals surface area contributed by atoms with Crippen LogP contribution in [-0.2, 0) is 9.53 Å². The molecule has 0 amide bonds. The molecule has 3 heteroatoms. The van der Waals surface area contributed by atoms with Crippen molar-refractivity contribution in [1.29, 1.82) is 0 Å². The summed E-state index contributed by atoms with van der Waals surface area (Å²) in [5, 5.41) is 0. The monoisotopic (exact) mass is 255 g/mol. The van der Waals surface area contributed by atoms with Crippen molar-refractivity contribution >= 4 is 11.9 Å². The highest BCUT2D eigenvalue weighted by Gasteiger charge is 2.27. The number of rotatable bonds is 1. The first-order valence-electron chi connectivity index (χ1n) is 6.84. The van der Waals surface area contributed by atoms with Crippen LogP contribution in [0.1, 0.15) is 43.2 Å². The fourth-order valence-electron chi connectivity index (χ4n) is 2.65. The summed E-state index contributed by atoms with van der Waals surface area (Å²) in [6.45, 7) is 2.02. The summed E-state index contributed by atoms with van der Waals surface area (Å²) >= 11 is 0. The highest BCUT2D eigenvalue weighted by atomic mass is 16.6. The number of hydrogen-bond acceptors (Lipinski definition) is 3. The zero-order chi connectivity index (χ0) is 13.2. The van der Waals surface area contributed by atoms with E-state index in [1.165, 1.54) is 12.0 Å². The molecule has 2 aliphatic rings. The summed E-state index contributed by atoms with van der Waals surface area (Å²) in [4.78, 5) is 16.4. The number of aliphatic imine (C=N–C) groups is 1. The van der Waals surface area contributed by atoms with Gasteiger partial charge in [0.1, 0.15) is 0 Å². The van der Waals surface area contributed by atoms with Crippen LogP contribution in [0, 0.1) is 6.92 Å². The van der Waals surface area contributed by atoms with Crippen LogP contribution in [0.4, 0.5) is 0 Å². The third kappa shape index (κ3) is 2.46. The zero-order valence-electron chi connectivity index (χ0n) is 11.1. The van der Waals surface area contributed by atoms with Crippen LogP contribution in [0.2, 0.25) is 0 Å². The molecule has 1 saturated carbocycles. The zero-order valence-corrected chi connectivity index (χ0v) is 11.1. The van der Waals surface area contributed by atoms with E-state index in [4.69, 9.17) is 4.74 Å². The topological polar surface area (TPSA) is 38.7 Å². The Morgan fingerprint density at radius 1 is 1.16 bits per heavy atom. The first-order chi connectivity index (χ1) is 9.24. The largest absolute Gasteiger partial charge is 0.402 e. The van der Waals surface area contributed by atoms with Crippen LogP contribution in [0.5, 0.6) is 0 Å². The summed E-state index contributed by atoms with van der Waals surface area (Å²) in [6, 6.07) is 7.88. The second-order valence-electron chi connectivity index (χ2n) is 5.19. The van der Waals surface area contributed by atoms with Crippen molar-refractivity contribution < 1.29 is 9.53 Å². The van der Waals surface area contributed by atoms with Gasteiger partial charge in [-0.1, -0.05) is 24.1 Å². The molecule has 0 unspecified atom stereocenters. The van der Waals surface area contributed by atoms with Crippen LogP contribution in [0.25, 0.3) is 0 Å². The first-order valence-corrected chi connectivity index (χ1v) is 6.84. The highest BCUT2D eigenvalue weighted by molar-refractivity contribution is 6.11. The predicted octanol–water partition coefficient (Wildman–Crippen LogP) is 3.52. The van der Waals surface area contributed by atoms with Crippen LogP contribution in [0.3, 0.4) is 0 Å². The Hall–Kier alpha value is -1.90. The van der Waals surface area contributed by atoms with Crippen LogP contribution in [0.15, 0.2) is 40.5 Å². The fraction of sp³-hybridized carbons (Fsp3) is 0.375. The Bertz CT molecular complexity index is 576. The van der Waals surface area contributed by atoms with Gasteiger partial charge in [0, 0.05) is 5.56 Å². The Kier molecular flexibility index (Phi) is 3.20. The molecule has 1 aliphatic heterocycles. The van der Waals surface area contributed by atoms with E-state index in [1.807, 2.05) is 31.2 Å². The van der Waals surface area contributed by atoms with Crippen molar-refractivity contribution in [2.75, 3.05) is 0 Å². The fourth-order valence-corrected chi connectivity index (χ4v) is 2.65. The molecule has 1 aromatic rings. The van der Waals surface area contributed by atoms with E-state index in [-0.39, 0.29) is 5.97 Å². The Balaban J connectivity index is 1.95. The maximum atomic E-state index is 11.9. The van der Waals surface area contributed by atoms with Crippen molar-refractivity contribution in [3.63, 3.8) is 0 Å². The summed E-state index contributed by atoms with van der Waals surface area (Å²) in [7, 11) is 0. The average Bonchev–Trinajstić information content (AvgIpc) is 2.82. The molecule has 3 nitrogen and oxygen atoms in total. The SMILES string of the molecule is Cc1cccc(C2=NC(=C3CCCCC3)C(=O)O2)c1. The molecule has 0 spiro atoms. The number of ether oxygens (including phenoxy) is 1. The lowest BCUT2D eigenvalue weighted by Gasteiger charge is -2.13. The third-order valence-corrected chi connectivity index (χ3v) is 3.65. The molecule has 1 heterocycles. The van der Waals surface area contributed by atoms with Crippen LogP contribution < -0.4 is 0 Å². The normalized spacial score (nSPS) is 19.4. The predicted molar refractivity (Wildman–Crippen MR) is 73.9 cm³/mol. The van der Waals surface area contributed by atoms with Crippen molar-refractivity contribution in [3.8, 4) is 0 Å². The molecule has 19 heavy (non-hydrogen) atoms. The Morgan fingerprint density at radius 2 is 1.95 bits per heavy atom. The maximum Gasteiger partial charge on any atom is 0.363 e. The van der Waals surface area contributed by atoms with Gasteiger partial charge in [0.15, 0.2) is 5.70 Å². The van der Waals surface area contributed by atoms with E-state index in [2.05, 4.69) is 4.99 Å². The van der Waals surface area contributed by atoms with Gasteiger partial charge in [0.05, 0.1) is 0 Å². The van der Waals surface area contributed by atoms with Crippen LogP contribution in [-0.4, -0.2) is 11.9 Å². The molecular formula is C16H17NO2. The minimum Gasteiger partial charge on any atom is -0.402 e. The standard InChI is InChI=1S/C16H17NO2/c1-11-6-5-9-13(10-11)15-17-14(16(18)19-15)12-7-3-2-4-8-12/h5-6,9-10H,2-4,7-8H2,1H3. The number of allylic oxidation sites excluding steroid dienone is 1. The number of esters is 1. The molecule has 1 fully saturated rings. The molecule has 1 aliphatic carbocycles. The number of aryl methyl sites for hydroxylation is 1. The highest BCUT2D eigenvalue weighted by Crippen LogP contribution is 2.29. The number of carbonyl (C=O) groups is 1. The Labute approximate surface area is 113 Å². The molecule has 0 radical (unpaired) electrons. The average molecular weight is 255 g/mol. The van der Waals surface area contributed by atoms with Gasteiger partial charge in [0.2, 0.25) is 5.90 Å². The van der Waals surface area contributed by atoms with Gasteiger partial charge in [-0.2, -0.15) is 0 Å². The molecule has 0 aromatic heterocycles. The number of cyclic esters (lactones) is 1. The number of carbonyl (C=O) groups excluding carboxylic acids is 1. The summed E-state index contributed by atoms with van der Waals surface area (Å²) in [5.74, 6) is 0.162. The number of hydrogen-bond donors (Lipinski definition) is 0. The summed E-state index contributed by atoms with van der Waals surface area (Å²) in [5.41, 5.74) is 3.73. The maximum absolute atomic E-state index is 11.9. The molecule has 0 bridgehead atoms. The van der Waals surface area contributed by atoms with E-state index >= 15 is 0 Å². The minimum atomic E-state index is -0.284. The van der Waals surface area contributed by atoms with Gasteiger partial charge in [-0.05, 0) is 50.3 Å². The van der Waals surface area contributed by atoms with E-state index in [0.717, 1.165) is 36.8 Å². The summed E-state index contributed by atoms with van der Waals surface area (Å²) < 4.78 is 5.32. The minimum absolute atomic E-state index is 0.284. The smallest absolute Gasteiger partial charge is 0.363 e. The van der Waals surface area contributed by atoms with Gasteiger partial charge < -0.3 is 4.74 Å². The molecule has 1 aromatic carbocycles. The molecule has 0 saturated heterocycles. The van der Waals surface area contributed by atoms with E-state index in [1.54, 1.807) is 0 Å². The second-order valence-corrected chi connectivity index (χ2v) is 5.19. The molecule has 0 N–H and O–H groups in total. The quantitative estimate of drug-likeness (QED) is 0.569. The summed E-state index contributed by atoms with van der Waals surface area (Å²) in [6.07, 6.45) is 5.52. The lowest BCUT2D eigenvalue weighted by molar-refractivity contribution is -0.130. The number of nitrogens with zero attached hydrogens (tertiary/aromatic N) is 1. The van der Waals surface area contributed by atoms with E-state index in [9.17, 15) is 4.79 Å². The Morgan fingerprint density at radius 3 is 2.68 bits per heavy atom. The molecule has 3 rings (SSSR count). The van der Waals surface area contributed by atoms with Crippen molar-refractivity contribution in [1.82, 2.24) is 0 Å². The van der Waals surface area contributed by atoms with Gasteiger partial charge in [-0.15, -0.1) is 0 Å².